The first-order chi connectivity index (χ1) is 11.1. The van der Waals surface area contributed by atoms with Gasteiger partial charge in [0.15, 0.2) is 0 Å². The topological polar surface area (TPSA) is 29.1 Å². The van der Waals surface area contributed by atoms with Crippen LogP contribution >= 0.6 is 11.8 Å². The van der Waals surface area contributed by atoms with E-state index < -0.39 is 0 Å². The molecule has 0 aromatic heterocycles. The maximum atomic E-state index is 12.0. The number of thioether (sulfide) groups is 1. The quantitative estimate of drug-likeness (QED) is 0.780. The molecule has 1 N–H and O–H groups in total. The summed E-state index contributed by atoms with van der Waals surface area (Å²) in [5.74, 6) is 1.53. The lowest BCUT2D eigenvalue weighted by atomic mass is 10.1. The van der Waals surface area contributed by atoms with Gasteiger partial charge in [-0.25, -0.2) is 0 Å². The van der Waals surface area contributed by atoms with E-state index in [1.807, 2.05) is 6.07 Å². The molecule has 0 fully saturated rings. The van der Waals surface area contributed by atoms with Crippen molar-refractivity contribution in [3.8, 4) is 0 Å². The van der Waals surface area contributed by atoms with Gasteiger partial charge in [0.1, 0.15) is 0 Å². The number of amides is 1. The predicted octanol–water partition coefficient (Wildman–Crippen LogP) is 4.37. The lowest BCUT2D eigenvalue weighted by Gasteiger charge is -2.14. The van der Waals surface area contributed by atoms with Gasteiger partial charge >= 0.3 is 0 Å². The van der Waals surface area contributed by atoms with Gasteiger partial charge in [-0.2, -0.15) is 0 Å². The average Bonchev–Trinajstić information content (AvgIpc) is 2.54. The number of rotatable bonds is 8. The Morgan fingerprint density at radius 3 is 2.57 bits per heavy atom. The first-order valence-electron chi connectivity index (χ1n) is 8.10. The summed E-state index contributed by atoms with van der Waals surface area (Å²) in [6, 6.07) is 19.1. The zero-order valence-electron chi connectivity index (χ0n) is 13.9. The van der Waals surface area contributed by atoms with Crippen LogP contribution in [0.5, 0.6) is 0 Å². The standard InChI is InChI=1S/C20H25NOS/c1-16-7-6-10-19(13-16)14-23-15-20(22)21-17(2)11-12-18-8-4-3-5-9-18/h3-10,13,17H,11-12,14-15H2,1-2H3,(H,21,22)/t17-/m1/s1. The molecule has 3 heteroatoms. The lowest BCUT2D eigenvalue weighted by Crippen LogP contribution is -2.34. The fraction of sp³-hybridized carbons (Fsp3) is 0.350. The third kappa shape index (κ3) is 6.91. The Hall–Kier alpha value is -1.74. The molecule has 0 heterocycles. The molecule has 0 aliphatic rings. The van der Waals surface area contributed by atoms with Crippen molar-refractivity contribution in [1.29, 1.82) is 0 Å². The van der Waals surface area contributed by atoms with Crippen LogP contribution in [0.15, 0.2) is 54.6 Å². The second-order valence-corrected chi connectivity index (χ2v) is 6.96. The first-order valence-corrected chi connectivity index (χ1v) is 9.25. The van der Waals surface area contributed by atoms with Crippen LogP contribution in [0.1, 0.15) is 30.0 Å². The molecule has 0 radical (unpaired) electrons. The summed E-state index contributed by atoms with van der Waals surface area (Å²) in [5.41, 5.74) is 3.87. The van der Waals surface area contributed by atoms with E-state index >= 15 is 0 Å². The smallest absolute Gasteiger partial charge is 0.230 e. The van der Waals surface area contributed by atoms with Gasteiger partial charge in [-0.3, -0.25) is 4.79 Å². The molecule has 122 valence electrons. The van der Waals surface area contributed by atoms with Crippen LogP contribution in [-0.4, -0.2) is 17.7 Å². The van der Waals surface area contributed by atoms with Crippen molar-refractivity contribution in [2.45, 2.75) is 38.5 Å². The van der Waals surface area contributed by atoms with E-state index in [1.165, 1.54) is 16.7 Å². The van der Waals surface area contributed by atoms with E-state index in [9.17, 15) is 4.79 Å². The fourth-order valence-electron chi connectivity index (χ4n) is 2.48. The summed E-state index contributed by atoms with van der Waals surface area (Å²) in [4.78, 5) is 12.0. The molecule has 2 nitrogen and oxygen atoms in total. The van der Waals surface area contributed by atoms with Gasteiger partial charge in [-0.05, 0) is 37.8 Å². The minimum absolute atomic E-state index is 0.128. The van der Waals surface area contributed by atoms with Crippen LogP contribution in [0, 0.1) is 6.92 Å². The minimum Gasteiger partial charge on any atom is -0.353 e. The van der Waals surface area contributed by atoms with Crippen molar-refractivity contribution in [2.75, 3.05) is 5.75 Å². The highest BCUT2D eigenvalue weighted by atomic mass is 32.2. The highest BCUT2D eigenvalue weighted by Crippen LogP contribution is 2.13. The van der Waals surface area contributed by atoms with Gasteiger partial charge in [0.2, 0.25) is 5.91 Å². The molecule has 1 atom stereocenters. The van der Waals surface area contributed by atoms with E-state index in [0.717, 1.165) is 18.6 Å². The third-order valence-electron chi connectivity index (χ3n) is 3.70. The number of carbonyl (C=O) groups excluding carboxylic acids is 1. The van der Waals surface area contributed by atoms with Crippen molar-refractivity contribution in [3.63, 3.8) is 0 Å². The number of carbonyl (C=O) groups is 1. The molecule has 0 bridgehead atoms. The first kappa shape index (κ1) is 17.6. The molecule has 23 heavy (non-hydrogen) atoms. The molecule has 0 saturated heterocycles. The summed E-state index contributed by atoms with van der Waals surface area (Å²) >= 11 is 1.67. The average molecular weight is 327 g/mol. The van der Waals surface area contributed by atoms with Gasteiger partial charge < -0.3 is 5.32 Å². The molecule has 0 saturated carbocycles. The Balaban J connectivity index is 1.64. The normalized spacial score (nSPS) is 11.9. The second-order valence-electron chi connectivity index (χ2n) is 5.97. The fourth-order valence-corrected chi connectivity index (χ4v) is 3.27. The zero-order valence-corrected chi connectivity index (χ0v) is 14.7. The summed E-state index contributed by atoms with van der Waals surface area (Å²) in [6.07, 6.45) is 1.97. The Bertz CT molecular complexity index is 612. The van der Waals surface area contributed by atoms with Gasteiger partial charge in [0.25, 0.3) is 0 Å². The molecule has 0 spiro atoms. The molecule has 2 aromatic carbocycles. The summed E-state index contributed by atoms with van der Waals surface area (Å²) < 4.78 is 0. The van der Waals surface area contributed by atoms with Crippen LogP contribution < -0.4 is 5.32 Å². The number of aryl methyl sites for hydroxylation is 2. The van der Waals surface area contributed by atoms with Crippen molar-refractivity contribution in [1.82, 2.24) is 5.32 Å². The van der Waals surface area contributed by atoms with Gasteiger partial charge in [0.05, 0.1) is 5.75 Å². The van der Waals surface area contributed by atoms with Crippen LogP contribution in [0.25, 0.3) is 0 Å². The Morgan fingerprint density at radius 1 is 1.09 bits per heavy atom. The van der Waals surface area contributed by atoms with Gasteiger partial charge in [-0.1, -0.05) is 60.2 Å². The largest absolute Gasteiger partial charge is 0.353 e. The Kier molecular flexibility index (Phi) is 7.21. The predicted molar refractivity (Wildman–Crippen MR) is 99.7 cm³/mol. The van der Waals surface area contributed by atoms with E-state index in [-0.39, 0.29) is 11.9 Å². The summed E-state index contributed by atoms with van der Waals surface area (Å²) in [6.45, 7) is 4.17. The summed E-state index contributed by atoms with van der Waals surface area (Å²) in [5, 5.41) is 3.09. The maximum absolute atomic E-state index is 12.0. The number of benzene rings is 2. The van der Waals surface area contributed by atoms with Gasteiger partial charge in [0, 0.05) is 11.8 Å². The Labute approximate surface area is 143 Å². The SMILES string of the molecule is Cc1cccc(CSCC(=O)N[C@H](C)CCc2ccccc2)c1. The monoisotopic (exact) mass is 327 g/mol. The molecule has 2 aromatic rings. The molecule has 0 aliphatic carbocycles. The molecule has 0 aliphatic heterocycles. The van der Waals surface area contributed by atoms with Crippen LogP contribution in [0.4, 0.5) is 0 Å². The van der Waals surface area contributed by atoms with Gasteiger partial charge in [-0.15, -0.1) is 11.8 Å². The molecular weight excluding hydrogens is 302 g/mol. The number of nitrogens with one attached hydrogen (secondary N) is 1. The van der Waals surface area contributed by atoms with E-state index in [0.29, 0.717) is 5.75 Å². The number of hydrogen-bond acceptors (Lipinski definition) is 2. The van der Waals surface area contributed by atoms with Crippen molar-refractivity contribution in [3.05, 3.63) is 71.3 Å². The summed E-state index contributed by atoms with van der Waals surface area (Å²) in [7, 11) is 0. The lowest BCUT2D eigenvalue weighted by molar-refractivity contribution is -0.119. The third-order valence-corrected chi connectivity index (χ3v) is 4.70. The van der Waals surface area contributed by atoms with Crippen LogP contribution in [0.2, 0.25) is 0 Å². The highest BCUT2D eigenvalue weighted by molar-refractivity contribution is 7.99. The molecule has 1 amide bonds. The van der Waals surface area contributed by atoms with Crippen molar-refractivity contribution in [2.24, 2.45) is 0 Å². The van der Waals surface area contributed by atoms with Crippen molar-refractivity contribution >= 4 is 17.7 Å². The molecular formula is C20H25NOS. The van der Waals surface area contributed by atoms with Crippen molar-refractivity contribution < 1.29 is 4.79 Å². The van der Waals surface area contributed by atoms with E-state index in [4.69, 9.17) is 0 Å². The highest BCUT2D eigenvalue weighted by Gasteiger charge is 2.08. The zero-order chi connectivity index (χ0) is 16.5. The minimum atomic E-state index is 0.128. The van der Waals surface area contributed by atoms with Crippen LogP contribution in [0.3, 0.4) is 0 Å². The number of hydrogen-bond donors (Lipinski definition) is 1. The molecule has 0 unspecified atom stereocenters. The second kappa shape index (κ2) is 9.41. The van der Waals surface area contributed by atoms with E-state index in [2.05, 4.69) is 67.7 Å². The Morgan fingerprint density at radius 2 is 1.83 bits per heavy atom. The van der Waals surface area contributed by atoms with Crippen LogP contribution in [-0.2, 0) is 17.0 Å². The maximum Gasteiger partial charge on any atom is 0.230 e. The van der Waals surface area contributed by atoms with E-state index in [1.54, 1.807) is 11.8 Å². The molecule has 2 rings (SSSR count).